The van der Waals surface area contributed by atoms with Crippen molar-refractivity contribution in [3.05, 3.63) is 59.6 Å². The van der Waals surface area contributed by atoms with Crippen LogP contribution < -0.4 is 15.8 Å². The summed E-state index contributed by atoms with van der Waals surface area (Å²) >= 11 is 1.40. The molecule has 1 aliphatic heterocycles. The van der Waals surface area contributed by atoms with Gasteiger partial charge in [0.2, 0.25) is 5.88 Å². The van der Waals surface area contributed by atoms with E-state index < -0.39 is 23.1 Å². The smallest absolute Gasteiger partial charge is 0.275 e. The highest BCUT2D eigenvalue weighted by atomic mass is 32.2. The number of halogens is 2. The van der Waals surface area contributed by atoms with E-state index in [-0.39, 0.29) is 45.3 Å². The van der Waals surface area contributed by atoms with Crippen LogP contribution in [0.15, 0.2) is 41.7 Å². The van der Waals surface area contributed by atoms with Gasteiger partial charge >= 0.3 is 0 Å². The van der Waals surface area contributed by atoms with Crippen molar-refractivity contribution in [2.45, 2.75) is 30.6 Å². The van der Waals surface area contributed by atoms with E-state index in [0.717, 1.165) is 11.6 Å². The Labute approximate surface area is 200 Å². The van der Waals surface area contributed by atoms with Crippen molar-refractivity contribution in [3.63, 3.8) is 0 Å². The number of aliphatic imine (C=N–C) groups is 1. The van der Waals surface area contributed by atoms with Gasteiger partial charge in [-0.15, -0.1) is 0 Å². The predicted octanol–water partition coefficient (Wildman–Crippen LogP) is 3.64. The Balaban J connectivity index is 1.58. The number of thioether (sulfide) groups is 1. The normalized spacial score (nSPS) is 25.2. The molecule has 11 heteroatoms. The zero-order valence-electron chi connectivity index (χ0n) is 19.0. The molecule has 1 fully saturated rings. The molecule has 3 N–H and O–H groups in total. The van der Waals surface area contributed by atoms with Crippen molar-refractivity contribution in [2.75, 3.05) is 25.6 Å². The Morgan fingerprint density at radius 2 is 2.12 bits per heavy atom. The maximum absolute atomic E-state index is 15.0. The molecule has 2 aromatic rings. The second-order valence-electron chi connectivity index (χ2n) is 8.71. The number of nitrogens with one attached hydrogen (secondary N) is 1. The molecule has 0 saturated heterocycles. The van der Waals surface area contributed by atoms with Gasteiger partial charge in [-0.05, 0) is 31.9 Å². The molecule has 180 valence electrons. The zero-order chi connectivity index (χ0) is 24.7. The lowest BCUT2D eigenvalue weighted by Crippen LogP contribution is -2.38. The molecule has 0 radical (unpaired) electrons. The fourth-order valence-corrected chi connectivity index (χ4v) is 5.71. The zero-order valence-corrected chi connectivity index (χ0v) is 19.8. The molecular formula is C23H25F2N5O3S. The molecule has 1 aromatic carbocycles. The quantitative estimate of drug-likeness (QED) is 0.545. The number of carbonyl (C=O) groups is 1. The van der Waals surface area contributed by atoms with Gasteiger partial charge in [0.1, 0.15) is 12.3 Å². The predicted molar refractivity (Wildman–Crippen MR) is 126 cm³/mol. The second kappa shape index (κ2) is 8.95. The number of amidine groups is 1. The lowest BCUT2D eigenvalue weighted by Gasteiger charge is -2.34. The second-order valence-corrected chi connectivity index (χ2v) is 10.1. The van der Waals surface area contributed by atoms with E-state index in [1.54, 1.807) is 21.0 Å². The number of benzene rings is 1. The Kier molecular flexibility index (Phi) is 6.34. The van der Waals surface area contributed by atoms with Crippen LogP contribution in [0.1, 0.15) is 36.3 Å². The van der Waals surface area contributed by atoms with Crippen LogP contribution in [0.4, 0.5) is 14.5 Å². The van der Waals surface area contributed by atoms with E-state index in [9.17, 15) is 13.6 Å². The summed E-state index contributed by atoms with van der Waals surface area (Å²) in [5, 5.41) is 2.84. The number of carbonyl (C=O) groups excluding carboxylic acids is 1. The first kappa shape index (κ1) is 24.1. The van der Waals surface area contributed by atoms with Gasteiger partial charge in [-0.1, -0.05) is 18.3 Å². The maximum Gasteiger partial charge on any atom is 0.275 e. The monoisotopic (exact) mass is 489 g/mol. The van der Waals surface area contributed by atoms with Crippen molar-refractivity contribution in [1.82, 2.24) is 9.97 Å². The van der Waals surface area contributed by atoms with Gasteiger partial charge in [0.25, 0.3) is 5.91 Å². The lowest BCUT2D eigenvalue weighted by atomic mass is 9.85. The average Bonchev–Trinajstić information content (AvgIpc) is 3.49. The number of nitrogens with two attached hydrogens (primary N) is 1. The summed E-state index contributed by atoms with van der Waals surface area (Å²) in [5.41, 5.74) is 5.82. The number of ether oxygens (including phenoxy) is 2. The van der Waals surface area contributed by atoms with Crippen LogP contribution in [-0.4, -0.2) is 46.1 Å². The standard InChI is InChI=1S/C23H25F2N5O3S/c1-12(2)10-33-18-9-27-16(8-28-18)20(31)29-13-5-14(19(25)15(24)6-13)22(3)17-7-23(17,11-32-4)34-21(26)30-22/h5-6,8-9,17H,1,7,10-11H2,2-4H3,(H2,26,30)(H,29,31)/t17-,22+,23+/m0/s1. The van der Waals surface area contributed by atoms with E-state index in [2.05, 4.69) is 26.9 Å². The molecule has 8 nitrogen and oxygen atoms in total. The first-order valence-electron chi connectivity index (χ1n) is 10.5. The SMILES string of the molecule is C=C(C)COc1cnc(C(=O)Nc2cc(F)c(F)c([C@@]3(C)N=C(N)S[C@@]4(COC)C[C@H]43)c2)cn1. The summed E-state index contributed by atoms with van der Waals surface area (Å²) in [6.45, 7) is 7.94. The average molecular weight is 490 g/mol. The molecule has 2 heterocycles. The van der Waals surface area contributed by atoms with E-state index in [0.29, 0.717) is 13.0 Å². The van der Waals surface area contributed by atoms with Gasteiger partial charge in [0.05, 0.1) is 29.3 Å². The first-order valence-corrected chi connectivity index (χ1v) is 11.3. The summed E-state index contributed by atoms with van der Waals surface area (Å²) in [5.74, 6) is -2.63. The third kappa shape index (κ3) is 4.49. The molecule has 1 amide bonds. The van der Waals surface area contributed by atoms with Gasteiger partial charge in [-0.2, -0.15) is 0 Å². The van der Waals surface area contributed by atoms with E-state index in [4.69, 9.17) is 15.2 Å². The number of anilines is 1. The van der Waals surface area contributed by atoms with Gasteiger partial charge in [-0.25, -0.2) is 18.7 Å². The molecular weight excluding hydrogens is 464 g/mol. The van der Waals surface area contributed by atoms with Crippen molar-refractivity contribution in [2.24, 2.45) is 16.6 Å². The third-order valence-corrected chi connectivity index (χ3v) is 7.18. The molecule has 1 saturated carbocycles. The summed E-state index contributed by atoms with van der Waals surface area (Å²) in [7, 11) is 1.59. The van der Waals surface area contributed by atoms with Gasteiger partial charge in [-0.3, -0.25) is 9.79 Å². The number of methoxy groups -OCH3 is 1. The van der Waals surface area contributed by atoms with Crippen LogP contribution in [0.25, 0.3) is 0 Å². The molecule has 2 aliphatic rings. The first-order chi connectivity index (χ1) is 16.1. The van der Waals surface area contributed by atoms with E-state index in [1.807, 2.05) is 0 Å². The van der Waals surface area contributed by atoms with Crippen molar-refractivity contribution in [3.8, 4) is 5.88 Å². The van der Waals surface area contributed by atoms with Crippen molar-refractivity contribution >= 4 is 28.5 Å². The van der Waals surface area contributed by atoms with Gasteiger partial charge in [0, 0.05) is 30.3 Å². The number of nitrogens with zero attached hydrogens (tertiary/aromatic N) is 3. The van der Waals surface area contributed by atoms with Crippen LogP contribution in [0.2, 0.25) is 0 Å². The Bertz CT molecular complexity index is 1180. The molecule has 1 aliphatic carbocycles. The molecule has 4 rings (SSSR count). The van der Waals surface area contributed by atoms with Crippen LogP contribution in [0, 0.1) is 17.6 Å². The summed E-state index contributed by atoms with van der Waals surface area (Å²) in [6, 6.07) is 2.30. The molecule has 0 unspecified atom stereocenters. The van der Waals surface area contributed by atoms with Crippen LogP contribution in [0.5, 0.6) is 5.88 Å². The number of rotatable bonds is 8. The van der Waals surface area contributed by atoms with Crippen LogP contribution in [-0.2, 0) is 10.3 Å². The minimum absolute atomic E-state index is 0.0159. The van der Waals surface area contributed by atoms with Gasteiger partial charge in [0.15, 0.2) is 16.8 Å². The highest BCUT2D eigenvalue weighted by Gasteiger charge is 2.66. The van der Waals surface area contributed by atoms with Crippen LogP contribution in [0.3, 0.4) is 0 Å². The highest BCUT2D eigenvalue weighted by Crippen LogP contribution is 2.66. The fourth-order valence-electron chi connectivity index (χ4n) is 4.26. The molecule has 0 spiro atoms. The molecule has 1 aromatic heterocycles. The van der Waals surface area contributed by atoms with Crippen molar-refractivity contribution in [1.29, 1.82) is 0 Å². The minimum atomic E-state index is -1.11. The molecule has 3 atom stereocenters. The highest BCUT2D eigenvalue weighted by molar-refractivity contribution is 8.15. The number of fused-ring (bicyclic) bond motifs is 1. The van der Waals surface area contributed by atoms with Crippen LogP contribution >= 0.6 is 11.8 Å². The maximum atomic E-state index is 15.0. The summed E-state index contributed by atoms with van der Waals surface area (Å²) in [4.78, 5) is 25.2. The number of aromatic nitrogens is 2. The van der Waals surface area contributed by atoms with E-state index >= 15 is 0 Å². The van der Waals surface area contributed by atoms with Gasteiger partial charge < -0.3 is 20.5 Å². The fraction of sp³-hybridized carbons (Fsp3) is 0.391. The largest absolute Gasteiger partial charge is 0.472 e. The topological polar surface area (TPSA) is 112 Å². The summed E-state index contributed by atoms with van der Waals surface area (Å²) in [6.07, 6.45) is 3.23. The Morgan fingerprint density at radius 3 is 2.76 bits per heavy atom. The number of hydrogen-bond acceptors (Lipinski definition) is 8. The lowest BCUT2D eigenvalue weighted by molar-refractivity contribution is 0.102. The minimum Gasteiger partial charge on any atom is -0.472 e. The molecule has 34 heavy (non-hydrogen) atoms. The van der Waals surface area contributed by atoms with E-state index in [1.165, 1.54) is 30.2 Å². The summed E-state index contributed by atoms with van der Waals surface area (Å²) < 4.78 is 40.0. The van der Waals surface area contributed by atoms with Crippen molar-refractivity contribution < 1.29 is 23.0 Å². The number of amides is 1. The Morgan fingerprint density at radius 1 is 1.35 bits per heavy atom. The third-order valence-electron chi connectivity index (χ3n) is 5.90. The Hall–Kier alpha value is -3.05. The number of hydrogen-bond donors (Lipinski definition) is 2. The molecule has 0 bridgehead atoms.